The summed E-state index contributed by atoms with van der Waals surface area (Å²) in [5, 5.41) is 13.7. The van der Waals surface area contributed by atoms with Crippen LogP contribution >= 0.6 is 12.2 Å². The van der Waals surface area contributed by atoms with Gasteiger partial charge in [0.25, 0.3) is 5.91 Å². The molecular formula is C15H21N3O4S2. The Kier molecular flexibility index (Phi) is 6.67. The minimum Gasteiger partial charge on any atom is -0.387 e. The molecule has 0 aromatic heterocycles. The number of hydrogen-bond donors (Lipinski definition) is 4. The number of benzene rings is 1. The number of carbonyl (C=O) groups excluding carboxylic acids is 1. The van der Waals surface area contributed by atoms with Crippen molar-refractivity contribution in [3.05, 3.63) is 24.3 Å². The number of sulfonamides is 1. The minimum absolute atomic E-state index is 0.00261. The number of aliphatic hydroxyl groups excluding tert-OH is 1. The van der Waals surface area contributed by atoms with E-state index in [2.05, 4.69) is 15.4 Å². The van der Waals surface area contributed by atoms with Crippen LogP contribution in [0.15, 0.2) is 29.2 Å². The van der Waals surface area contributed by atoms with Crippen molar-refractivity contribution in [1.82, 2.24) is 10.0 Å². The van der Waals surface area contributed by atoms with Gasteiger partial charge in [-0.15, -0.1) is 0 Å². The summed E-state index contributed by atoms with van der Waals surface area (Å²) in [6, 6.07) is 6.08. The highest BCUT2D eigenvalue weighted by molar-refractivity contribution is 7.89. The predicted octanol–water partition coefficient (Wildman–Crippen LogP) is 1.10. The average molecular weight is 371 g/mol. The Hall–Kier alpha value is -1.55. The van der Waals surface area contributed by atoms with Gasteiger partial charge in [-0.05, 0) is 49.3 Å². The van der Waals surface area contributed by atoms with Crippen LogP contribution in [0.4, 0.5) is 5.69 Å². The molecule has 132 valence electrons. The molecule has 0 aliphatic heterocycles. The molecule has 1 fully saturated rings. The number of amides is 1. The first kappa shape index (κ1) is 18.8. The van der Waals surface area contributed by atoms with Crippen molar-refractivity contribution in [2.24, 2.45) is 0 Å². The molecule has 1 amide bonds. The highest BCUT2D eigenvalue weighted by Gasteiger charge is 2.21. The topological polar surface area (TPSA) is 108 Å². The van der Waals surface area contributed by atoms with Crippen molar-refractivity contribution in [1.29, 1.82) is 0 Å². The maximum Gasteiger partial charge on any atom is 0.251 e. The van der Waals surface area contributed by atoms with Gasteiger partial charge in [-0.25, -0.2) is 13.1 Å². The standard InChI is InChI=1S/C15H21N3O4S2/c19-10-14(20)17-15(23)16-11-6-8-13(9-7-11)24(21,22)18-12-4-2-1-3-5-12/h6-9,12,18-19H,1-5,10H2,(H2,16,17,20,23). The summed E-state index contributed by atoms with van der Waals surface area (Å²) in [7, 11) is -3.54. The van der Waals surface area contributed by atoms with Gasteiger partial charge in [0.2, 0.25) is 10.0 Å². The Labute approximate surface area is 146 Å². The largest absolute Gasteiger partial charge is 0.387 e. The lowest BCUT2D eigenvalue weighted by atomic mass is 9.96. The SMILES string of the molecule is O=C(CO)NC(=S)Nc1ccc(S(=O)(=O)NC2CCCCC2)cc1. The predicted molar refractivity (Wildman–Crippen MR) is 95.1 cm³/mol. The van der Waals surface area contributed by atoms with Crippen LogP contribution in [0.25, 0.3) is 0 Å². The zero-order valence-corrected chi connectivity index (χ0v) is 14.8. The van der Waals surface area contributed by atoms with Crippen LogP contribution < -0.4 is 15.4 Å². The van der Waals surface area contributed by atoms with E-state index < -0.39 is 22.5 Å². The van der Waals surface area contributed by atoms with Crippen LogP contribution in [0.1, 0.15) is 32.1 Å². The van der Waals surface area contributed by atoms with Gasteiger partial charge in [0.05, 0.1) is 4.90 Å². The van der Waals surface area contributed by atoms with Gasteiger partial charge in [-0.2, -0.15) is 0 Å². The van der Waals surface area contributed by atoms with E-state index in [1.54, 1.807) is 12.1 Å². The molecule has 0 atom stereocenters. The first-order valence-corrected chi connectivity index (χ1v) is 9.64. The summed E-state index contributed by atoms with van der Waals surface area (Å²) in [4.78, 5) is 11.2. The van der Waals surface area contributed by atoms with Gasteiger partial charge in [0.1, 0.15) is 6.61 Å². The second kappa shape index (κ2) is 8.52. The molecule has 24 heavy (non-hydrogen) atoms. The van der Waals surface area contributed by atoms with Crippen molar-refractivity contribution in [2.45, 2.75) is 43.0 Å². The van der Waals surface area contributed by atoms with E-state index in [0.717, 1.165) is 32.1 Å². The number of nitrogens with one attached hydrogen (secondary N) is 3. The Balaban J connectivity index is 1.97. The average Bonchev–Trinajstić information content (AvgIpc) is 2.55. The Bertz CT molecular complexity index is 683. The fourth-order valence-corrected chi connectivity index (χ4v) is 4.09. The maximum atomic E-state index is 12.4. The van der Waals surface area contributed by atoms with E-state index in [1.807, 2.05) is 0 Å². The molecule has 1 aliphatic carbocycles. The molecule has 2 rings (SSSR count). The van der Waals surface area contributed by atoms with Crippen molar-refractivity contribution in [3.63, 3.8) is 0 Å². The Morgan fingerprint density at radius 3 is 2.38 bits per heavy atom. The van der Waals surface area contributed by atoms with Crippen molar-refractivity contribution < 1.29 is 18.3 Å². The van der Waals surface area contributed by atoms with Gasteiger partial charge in [0, 0.05) is 11.7 Å². The molecule has 1 aliphatic rings. The molecule has 0 saturated heterocycles. The van der Waals surface area contributed by atoms with Crippen LogP contribution in [0.2, 0.25) is 0 Å². The van der Waals surface area contributed by atoms with E-state index in [1.165, 1.54) is 12.1 Å². The zero-order chi connectivity index (χ0) is 17.6. The summed E-state index contributed by atoms with van der Waals surface area (Å²) < 4.78 is 27.5. The highest BCUT2D eigenvalue weighted by atomic mass is 32.2. The molecule has 0 spiro atoms. The summed E-state index contributed by atoms with van der Waals surface area (Å²) >= 11 is 4.91. The fourth-order valence-electron chi connectivity index (χ4n) is 2.55. The van der Waals surface area contributed by atoms with E-state index in [4.69, 9.17) is 17.3 Å². The van der Waals surface area contributed by atoms with Crippen LogP contribution in [0.3, 0.4) is 0 Å². The number of rotatable bonds is 5. The van der Waals surface area contributed by atoms with Crippen molar-refractivity contribution >= 4 is 38.9 Å². The maximum absolute atomic E-state index is 12.4. The fraction of sp³-hybridized carbons (Fsp3) is 0.467. The third-order valence-electron chi connectivity index (χ3n) is 3.75. The first-order valence-electron chi connectivity index (χ1n) is 7.75. The summed E-state index contributed by atoms with van der Waals surface area (Å²) in [5.74, 6) is -0.622. The van der Waals surface area contributed by atoms with Crippen molar-refractivity contribution in [3.8, 4) is 0 Å². The van der Waals surface area contributed by atoms with E-state index in [-0.39, 0.29) is 16.0 Å². The van der Waals surface area contributed by atoms with Gasteiger partial charge in [0.15, 0.2) is 5.11 Å². The van der Waals surface area contributed by atoms with Gasteiger partial charge < -0.3 is 15.7 Å². The molecule has 1 aromatic carbocycles. The molecule has 1 saturated carbocycles. The third-order valence-corrected chi connectivity index (χ3v) is 5.49. The highest BCUT2D eigenvalue weighted by Crippen LogP contribution is 2.20. The lowest BCUT2D eigenvalue weighted by Gasteiger charge is -2.22. The molecule has 0 bridgehead atoms. The molecular weight excluding hydrogens is 350 g/mol. The molecule has 4 N–H and O–H groups in total. The zero-order valence-electron chi connectivity index (χ0n) is 13.1. The number of hydrogen-bond acceptors (Lipinski definition) is 5. The number of aliphatic hydroxyl groups is 1. The van der Waals surface area contributed by atoms with Gasteiger partial charge >= 0.3 is 0 Å². The summed E-state index contributed by atoms with van der Waals surface area (Å²) in [6.07, 6.45) is 5.00. The van der Waals surface area contributed by atoms with Gasteiger partial charge in [-0.1, -0.05) is 19.3 Å². The lowest BCUT2D eigenvalue weighted by Crippen LogP contribution is -2.36. The quantitative estimate of drug-likeness (QED) is 0.578. The van der Waals surface area contributed by atoms with Crippen molar-refractivity contribution in [2.75, 3.05) is 11.9 Å². The Morgan fingerprint density at radius 2 is 1.79 bits per heavy atom. The number of anilines is 1. The van der Waals surface area contributed by atoms with E-state index in [0.29, 0.717) is 5.69 Å². The van der Waals surface area contributed by atoms with Crippen LogP contribution in [0.5, 0.6) is 0 Å². The minimum atomic E-state index is -3.54. The van der Waals surface area contributed by atoms with E-state index >= 15 is 0 Å². The second-order valence-corrected chi connectivity index (χ2v) is 7.76. The molecule has 0 heterocycles. The van der Waals surface area contributed by atoms with Gasteiger partial charge in [-0.3, -0.25) is 4.79 Å². The third kappa shape index (κ3) is 5.52. The Morgan fingerprint density at radius 1 is 1.17 bits per heavy atom. The van der Waals surface area contributed by atoms with Crippen LogP contribution in [0, 0.1) is 0 Å². The summed E-state index contributed by atoms with van der Waals surface area (Å²) in [5.41, 5.74) is 0.537. The molecule has 7 nitrogen and oxygen atoms in total. The summed E-state index contributed by atoms with van der Waals surface area (Å²) in [6.45, 7) is -0.661. The monoisotopic (exact) mass is 371 g/mol. The molecule has 9 heteroatoms. The molecule has 0 unspecified atom stereocenters. The lowest BCUT2D eigenvalue weighted by molar-refractivity contribution is -0.122. The molecule has 0 radical (unpaired) electrons. The van der Waals surface area contributed by atoms with Crippen LogP contribution in [-0.4, -0.2) is 37.2 Å². The normalized spacial score (nSPS) is 15.7. The van der Waals surface area contributed by atoms with E-state index in [9.17, 15) is 13.2 Å². The smallest absolute Gasteiger partial charge is 0.251 e. The van der Waals surface area contributed by atoms with Crippen LogP contribution in [-0.2, 0) is 14.8 Å². The number of thiocarbonyl (C=S) groups is 1. The molecule has 1 aromatic rings. The first-order chi connectivity index (χ1) is 11.4. The second-order valence-electron chi connectivity index (χ2n) is 5.64. The number of carbonyl (C=O) groups is 1.